The third-order valence-corrected chi connectivity index (χ3v) is 4.80. The molecule has 1 atom stereocenters. The van der Waals surface area contributed by atoms with Gasteiger partial charge in [-0.1, -0.05) is 12.1 Å². The number of alkyl halides is 2. The molecule has 3 rings (SSSR count). The van der Waals surface area contributed by atoms with Gasteiger partial charge in [-0.3, -0.25) is 0 Å². The molecule has 0 aliphatic carbocycles. The summed E-state index contributed by atoms with van der Waals surface area (Å²) in [6.45, 7) is 3.96. The van der Waals surface area contributed by atoms with Crippen molar-refractivity contribution < 1.29 is 13.0 Å². The van der Waals surface area contributed by atoms with Gasteiger partial charge in [0.15, 0.2) is 0 Å². The lowest BCUT2D eigenvalue weighted by atomic mass is 10.0. The Morgan fingerprint density at radius 3 is 2.28 bits per heavy atom. The molecule has 0 spiro atoms. The van der Waals surface area contributed by atoms with Gasteiger partial charge in [-0.05, 0) is 61.4 Å². The van der Waals surface area contributed by atoms with Crippen molar-refractivity contribution in [3.05, 3.63) is 65.4 Å². The van der Waals surface area contributed by atoms with Gasteiger partial charge in [0.25, 0.3) is 6.43 Å². The molecule has 1 heterocycles. The monoisotopic (exact) mass is 361 g/mol. The molecular formula is C18H17F2N3OS. The van der Waals surface area contributed by atoms with E-state index in [0.29, 0.717) is 16.3 Å². The zero-order chi connectivity index (χ0) is 18.1. The molecule has 7 heteroatoms. The molecule has 0 bridgehead atoms. The van der Waals surface area contributed by atoms with Gasteiger partial charge < -0.3 is 0 Å². The lowest BCUT2D eigenvalue weighted by molar-refractivity contribution is 0.145. The van der Waals surface area contributed by atoms with Crippen LogP contribution in [-0.4, -0.2) is 14.0 Å². The molecule has 1 unspecified atom stereocenters. The maximum atomic E-state index is 13.2. The smallest absolute Gasteiger partial charge is 0.248 e. The summed E-state index contributed by atoms with van der Waals surface area (Å²) >= 11 is 0. The first kappa shape index (κ1) is 17.4. The van der Waals surface area contributed by atoms with Gasteiger partial charge >= 0.3 is 0 Å². The van der Waals surface area contributed by atoms with Crippen molar-refractivity contribution in [2.45, 2.75) is 25.2 Å². The third-order valence-electron chi connectivity index (χ3n) is 4.07. The molecule has 3 aromatic rings. The minimum Gasteiger partial charge on any atom is -0.248 e. The maximum absolute atomic E-state index is 13.2. The second-order valence-electron chi connectivity index (χ2n) is 5.76. The fourth-order valence-corrected chi connectivity index (χ4v) is 2.94. The van der Waals surface area contributed by atoms with E-state index >= 15 is 0 Å². The lowest BCUT2D eigenvalue weighted by Crippen LogP contribution is -2.04. The fourth-order valence-electron chi connectivity index (χ4n) is 2.53. The first-order valence-corrected chi connectivity index (χ1v) is 8.80. The number of hydrogen-bond acceptors (Lipinski definition) is 2. The van der Waals surface area contributed by atoms with E-state index < -0.39 is 17.4 Å². The van der Waals surface area contributed by atoms with Crippen LogP contribution in [0.4, 0.5) is 8.78 Å². The van der Waals surface area contributed by atoms with Crippen LogP contribution in [0.1, 0.15) is 23.2 Å². The molecule has 0 aliphatic heterocycles. The number of rotatable bonds is 4. The average Bonchev–Trinajstić information content (AvgIpc) is 3.03. The van der Waals surface area contributed by atoms with Gasteiger partial charge in [0.05, 0.1) is 16.3 Å². The zero-order valence-corrected chi connectivity index (χ0v) is 14.6. The van der Waals surface area contributed by atoms with Gasteiger partial charge in [-0.15, -0.1) is 0 Å². The van der Waals surface area contributed by atoms with Crippen LogP contribution in [-0.2, 0) is 11.0 Å². The van der Waals surface area contributed by atoms with Gasteiger partial charge in [-0.25, -0.2) is 22.8 Å². The molecule has 0 saturated heterocycles. The summed E-state index contributed by atoms with van der Waals surface area (Å²) < 4.78 is 39.1. The molecule has 130 valence electrons. The number of hydrogen-bond donors (Lipinski definition) is 1. The summed E-state index contributed by atoms with van der Waals surface area (Å²) in [5, 5.41) is 9.39. The highest BCUT2D eigenvalue weighted by molar-refractivity contribution is 7.82. The summed E-state index contributed by atoms with van der Waals surface area (Å²) in [7, 11) is -1.59. The molecule has 0 saturated carbocycles. The largest absolute Gasteiger partial charge is 0.282 e. The SMILES string of the molecule is Cc1ccc(-c2cc(C(F)F)nn2-c2ccc(S(N)=O)cc2)cc1C. The molecule has 0 amide bonds. The predicted molar refractivity (Wildman–Crippen MR) is 94.0 cm³/mol. The predicted octanol–water partition coefficient (Wildman–Crippen LogP) is 4.08. The quantitative estimate of drug-likeness (QED) is 0.761. The van der Waals surface area contributed by atoms with Crippen LogP contribution in [0.2, 0.25) is 0 Å². The van der Waals surface area contributed by atoms with Crippen LogP contribution in [0.3, 0.4) is 0 Å². The number of nitrogens with two attached hydrogens (primary N) is 1. The number of aromatic nitrogens is 2. The standard InChI is InChI=1S/C18H17F2N3OS/c1-11-3-4-13(9-12(11)2)17-10-16(18(19)20)22-23(17)14-5-7-15(8-6-14)25(21)24/h3-10,18H,21H2,1-2H3. The Hall–Kier alpha value is -2.38. The van der Waals surface area contributed by atoms with Crippen LogP contribution in [0.15, 0.2) is 53.4 Å². The Labute approximate surface area is 146 Å². The Kier molecular flexibility index (Phi) is 4.78. The summed E-state index contributed by atoms with van der Waals surface area (Å²) in [6, 6.07) is 13.7. The van der Waals surface area contributed by atoms with Crippen LogP contribution in [0.5, 0.6) is 0 Å². The molecule has 0 aliphatic rings. The normalized spacial score (nSPS) is 12.6. The molecule has 25 heavy (non-hydrogen) atoms. The van der Waals surface area contributed by atoms with Crippen LogP contribution in [0.25, 0.3) is 16.9 Å². The summed E-state index contributed by atoms with van der Waals surface area (Å²) in [5.41, 5.74) is 3.86. The lowest BCUT2D eigenvalue weighted by Gasteiger charge is -2.10. The molecule has 2 N–H and O–H groups in total. The molecular weight excluding hydrogens is 344 g/mol. The summed E-state index contributed by atoms with van der Waals surface area (Å²) in [6.07, 6.45) is -2.66. The third kappa shape index (κ3) is 3.52. The van der Waals surface area contributed by atoms with Crippen LogP contribution < -0.4 is 5.14 Å². The van der Waals surface area contributed by atoms with E-state index in [1.165, 1.54) is 10.7 Å². The first-order chi connectivity index (χ1) is 11.9. The molecule has 4 nitrogen and oxygen atoms in total. The van der Waals surface area contributed by atoms with E-state index in [0.717, 1.165) is 16.7 Å². The second kappa shape index (κ2) is 6.85. The van der Waals surface area contributed by atoms with Crippen molar-refractivity contribution in [3.63, 3.8) is 0 Å². The highest BCUT2D eigenvalue weighted by Crippen LogP contribution is 2.29. The average molecular weight is 361 g/mol. The maximum Gasteiger partial charge on any atom is 0.282 e. The fraction of sp³-hybridized carbons (Fsp3) is 0.167. The van der Waals surface area contributed by atoms with Crippen molar-refractivity contribution >= 4 is 11.0 Å². The minimum absolute atomic E-state index is 0.292. The molecule has 0 radical (unpaired) electrons. The Balaban J connectivity index is 2.14. The number of benzene rings is 2. The van der Waals surface area contributed by atoms with Crippen LogP contribution >= 0.6 is 0 Å². The summed E-state index contributed by atoms with van der Waals surface area (Å²) in [5.74, 6) is 0. The van der Waals surface area contributed by atoms with E-state index in [9.17, 15) is 13.0 Å². The van der Waals surface area contributed by atoms with Crippen molar-refractivity contribution in [1.29, 1.82) is 0 Å². The van der Waals surface area contributed by atoms with Crippen molar-refractivity contribution in [2.24, 2.45) is 5.14 Å². The Morgan fingerprint density at radius 1 is 1.04 bits per heavy atom. The van der Waals surface area contributed by atoms with Crippen molar-refractivity contribution in [2.75, 3.05) is 0 Å². The minimum atomic E-state index is -2.66. The summed E-state index contributed by atoms with van der Waals surface area (Å²) in [4.78, 5) is 0.456. The highest BCUT2D eigenvalue weighted by Gasteiger charge is 2.18. The van der Waals surface area contributed by atoms with E-state index in [1.807, 2.05) is 32.0 Å². The Bertz CT molecular complexity index is 936. The zero-order valence-electron chi connectivity index (χ0n) is 13.7. The van der Waals surface area contributed by atoms with Gasteiger partial charge in [0, 0.05) is 5.56 Å². The van der Waals surface area contributed by atoms with Gasteiger partial charge in [0.2, 0.25) is 0 Å². The Morgan fingerprint density at radius 2 is 1.72 bits per heavy atom. The topological polar surface area (TPSA) is 60.9 Å². The highest BCUT2D eigenvalue weighted by atomic mass is 32.2. The molecule has 1 aromatic heterocycles. The second-order valence-corrected chi connectivity index (χ2v) is 6.82. The van der Waals surface area contributed by atoms with Crippen LogP contribution in [0, 0.1) is 13.8 Å². The van der Waals surface area contributed by atoms with Gasteiger partial charge in [0.1, 0.15) is 16.7 Å². The number of aryl methyl sites for hydroxylation is 2. The number of halogens is 2. The van der Waals surface area contributed by atoms with E-state index in [-0.39, 0.29) is 5.69 Å². The van der Waals surface area contributed by atoms with E-state index in [4.69, 9.17) is 5.14 Å². The van der Waals surface area contributed by atoms with E-state index in [1.54, 1.807) is 24.3 Å². The number of nitrogens with zero attached hydrogens (tertiary/aromatic N) is 2. The first-order valence-electron chi connectivity index (χ1n) is 7.59. The van der Waals surface area contributed by atoms with Gasteiger partial charge in [-0.2, -0.15) is 5.10 Å². The van der Waals surface area contributed by atoms with Crippen molar-refractivity contribution in [1.82, 2.24) is 9.78 Å². The van der Waals surface area contributed by atoms with E-state index in [2.05, 4.69) is 5.10 Å². The molecule has 2 aromatic carbocycles. The van der Waals surface area contributed by atoms with Crippen molar-refractivity contribution in [3.8, 4) is 16.9 Å². The molecule has 0 fully saturated rings.